The summed E-state index contributed by atoms with van der Waals surface area (Å²) in [5.74, 6) is 0.887. The van der Waals surface area contributed by atoms with Crippen LogP contribution in [0.25, 0.3) is 0 Å². The van der Waals surface area contributed by atoms with Gasteiger partial charge in [0, 0.05) is 5.75 Å². The van der Waals surface area contributed by atoms with E-state index in [-0.39, 0.29) is 0 Å². The van der Waals surface area contributed by atoms with Crippen molar-refractivity contribution in [1.82, 2.24) is 4.72 Å². The van der Waals surface area contributed by atoms with Crippen LogP contribution in [0, 0.1) is 0 Å². The van der Waals surface area contributed by atoms with Gasteiger partial charge in [-0.25, -0.2) is 9.59 Å². The summed E-state index contributed by atoms with van der Waals surface area (Å²) in [4.78, 5) is 18.8. The predicted octanol–water partition coefficient (Wildman–Crippen LogP) is 2.89. The maximum atomic E-state index is 10.0. The molecule has 0 spiro atoms. The fourth-order valence-corrected chi connectivity index (χ4v) is 1.64. The minimum atomic E-state index is -1.33. The first kappa shape index (κ1) is 18.3. The molecule has 0 bridgehead atoms. The van der Waals surface area contributed by atoms with Crippen LogP contribution >= 0.6 is 11.9 Å². The van der Waals surface area contributed by atoms with Crippen molar-refractivity contribution in [2.45, 2.75) is 45.4 Å². The molecule has 0 rings (SSSR count). The minimum absolute atomic E-state index is 0.887. The van der Waals surface area contributed by atoms with E-state index in [1.165, 1.54) is 44.1 Å². The fraction of sp³-hybridized carbons (Fsp3) is 0.800. The van der Waals surface area contributed by atoms with Crippen molar-refractivity contribution >= 4 is 24.1 Å². The molecule has 0 unspecified atom stereocenters. The molecular formula is C10H22N2O4S. The summed E-state index contributed by atoms with van der Waals surface area (Å²) in [5.41, 5.74) is 4.03. The monoisotopic (exact) mass is 266 g/mol. The molecule has 0 aliphatic carbocycles. The van der Waals surface area contributed by atoms with Crippen LogP contribution in [-0.4, -0.2) is 28.2 Å². The number of primary amides is 1. The largest absolute Gasteiger partial charge is 0.465 e. The van der Waals surface area contributed by atoms with Gasteiger partial charge in [-0.15, -0.1) is 0 Å². The second-order valence-electron chi connectivity index (χ2n) is 3.36. The van der Waals surface area contributed by atoms with Gasteiger partial charge >= 0.3 is 12.2 Å². The zero-order valence-electron chi connectivity index (χ0n) is 10.1. The average molecular weight is 266 g/mol. The zero-order chi connectivity index (χ0) is 13.5. The second kappa shape index (κ2) is 14.9. The van der Waals surface area contributed by atoms with Gasteiger partial charge in [-0.1, -0.05) is 39.0 Å². The Labute approximate surface area is 106 Å². The van der Waals surface area contributed by atoms with Crippen molar-refractivity contribution < 1.29 is 19.8 Å². The van der Waals surface area contributed by atoms with Crippen LogP contribution in [0.1, 0.15) is 45.4 Å². The number of unbranched alkanes of at least 4 members (excludes halogenated alkanes) is 5. The van der Waals surface area contributed by atoms with Gasteiger partial charge in [0.1, 0.15) is 0 Å². The van der Waals surface area contributed by atoms with E-state index >= 15 is 0 Å². The SMILES string of the molecule is CCCCCCCCSNC(=O)O.NC(=O)O. The number of hydrogen-bond donors (Lipinski definition) is 4. The van der Waals surface area contributed by atoms with Crippen molar-refractivity contribution in [3.05, 3.63) is 0 Å². The molecule has 0 heterocycles. The summed E-state index contributed by atoms with van der Waals surface area (Å²) < 4.78 is 2.28. The second-order valence-corrected chi connectivity index (χ2v) is 4.26. The summed E-state index contributed by atoms with van der Waals surface area (Å²) in [6.45, 7) is 2.20. The Kier molecular flexibility index (Phi) is 16.0. The molecule has 102 valence electrons. The van der Waals surface area contributed by atoms with E-state index < -0.39 is 12.2 Å². The molecule has 0 saturated carbocycles. The van der Waals surface area contributed by atoms with Crippen LogP contribution in [0.4, 0.5) is 9.59 Å². The molecule has 0 aromatic heterocycles. The topological polar surface area (TPSA) is 113 Å². The highest BCUT2D eigenvalue weighted by molar-refractivity contribution is 7.97. The molecular weight excluding hydrogens is 244 g/mol. The summed E-state index contributed by atoms with van der Waals surface area (Å²) in [7, 11) is 0. The standard InChI is InChI=1S/C9H19NO2S.CH3NO2/c1-2-3-4-5-6-7-8-13-10-9(11)12;2-1(3)4/h10H,2-8H2,1H3,(H,11,12);2H2,(H,3,4). The molecule has 0 aliphatic heterocycles. The maximum absolute atomic E-state index is 10.0. The molecule has 7 heteroatoms. The van der Waals surface area contributed by atoms with E-state index in [1.807, 2.05) is 0 Å². The molecule has 0 radical (unpaired) electrons. The Morgan fingerprint density at radius 1 is 1.12 bits per heavy atom. The van der Waals surface area contributed by atoms with E-state index in [0.29, 0.717) is 0 Å². The van der Waals surface area contributed by atoms with Crippen molar-refractivity contribution in [3.63, 3.8) is 0 Å². The van der Waals surface area contributed by atoms with Crippen LogP contribution in [0.15, 0.2) is 0 Å². The van der Waals surface area contributed by atoms with E-state index in [2.05, 4.69) is 17.4 Å². The van der Waals surface area contributed by atoms with E-state index in [4.69, 9.17) is 15.0 Å². The molecule has 5 N–H and O–H groups in total. The first-order valence-corrected chi connectivity index (χ1v) is 6.58. The number of carbonyl (C=O) groups is 2. The molecule has 0 saturated heterocycles. The van der Waals surface area contributed by atoms with E-state index in [9.17, 15) is 4.79 Å². The van der Waals surface area contributed by atoms with Gasteiger partial charge < -0.3 is 15.9 Å². The van der Waals surface area contributed by atoms with Gasteiger partial charge in [0.15, 0.2) is 0 Å². The molecule has 0 aliphatic rings. The third kappa shape index (κ3) is 31.3. The summed E-state index contributed by atoms with van der Waals surface area (Å²) >= 11 is 1.28. The van der Waals surface area contributed by atoms with Crippen LogP contribution in [-0.2, 0) is 0 Å². The normalized spacial score (nSPS) is 9.00. The van der Waals surface area contributed by atoms with Gasteiger partial charge in [-0.2, -0.15) is 0 Å². The van der Waals surface area contributed by atoms with Gasteiger partial charge in [0.05, 0.1) is 0 Å². The van der Waals surface area contributed by atoms with Gasteiger partial charge in [-0.3, -0.25) is 4.72 Å². The lowest BCUT2D eigenvalue weighted by molar-refractivity contribution is 0.201. The van der Waals surface area contributed by atoms with Crippen LogP contribution < -0.4 is 10.5 Å². The van der Waals surface area contributed by atoms with Crippen LogP contribution in [0.5, 0.6) is 0 Å². The molecule has 0 atom stereocenters. The molecule has 6 nitrogen and oxygen atoms in total. The number of nitrogens with two attached hydrogens (primary N) is 1. The highest BCUT2D eigenvalue weighted by atomic mass is 32.2. The van der Waals surface area contributed by atoms with Crippen molar-refractivity contribution in [2.24, 2.45) is 5.73 Å². The Hall–Kier alpha value is -1.11. The maximum Gasteiger partial charge on any atom is 0.414 e. The summed E-state index contributed by atoms with van der Waals surface area (Å²) in [6.07, 6.45) is 5.23. The first-order chi connectivity index (χ1) is 8.00. The number of rotatable bonds is 8. The highest BCUT2D eigenvalue weighted by Gasteiger charge is 1.94. The summed E-state index contributed by atoms with van der Waals surface area (Å²) in [5, 5.41) is 15.4. The highest BCUT2D eigenvalue weighted by Crippen LogP contribution is 2.07. The first-order valence-electron chi connectivity index (χ1n) is 5.59. The smallest absolute Gasteiger partial charge is 0.414 e. The Morgan fingerprint density at radius 2 is 1.59 bits per heavy atom. The predicted molar refractivity (Wildman–Crippen MR) is 69.2 cm³/mol. The lowest BCUT2D eigenvalue weighted by Crippen LogP contribution is -2.12. The lowest BCUT2D eigenvalue weighted by atomic mass is 10.1. The number of nitrogens with one attached hydrogen (secondary N) is 1. The number of carboxylic acid groups (broad SMARTS) is 2. The Balaban J connectivity index is 0. The molecule has 0 aromatic rings. The molecule has 0 fully saturated rings. The fourth-order valence-electron chi connectivity index (χ4n) is 1.07. The van der Waals surface area contributed by atoms with Gasteiger partial charge in [-0.05, 0) is 18.4 Å². The zero-order valence-corrected chi connectivity index (χ0v) is 11.0. The molecule has 0 aromatic carbocycles. The quantitative estimate of drug-likeness (QED) is 0.398. The summed E-state index contributed by atoms with van der Waals surface area (Å²) in [6, 6.07) is 0. The third-order valence-electron chi connectivity index (χ3n) is 1.76. The van der Waals surface area contributed by atoms with Crippen LogP contribution in [0.3, 0.4) is 0 Å². The Bertz CT molecular complexity index is 199. The van der Waals surface area contributed by atoms with Crippen molar-refractivity contribution in [1.29, 1.82) is 0 Å². The third-order valence-corrected chi connectivity index (χ3v) is 2.57. The van der Waals surface area contributed by atoms with Gasteiger partial charge in [0.25, 0.3) is 0 Å². The van der Waals surface area contributed by atoms with Gasteiger partial charge in [0.2, 0.25) is 0 Å². The van der Waals surface area contributed by atoms with Crippen molar-refractivity contribution in [3.8, 4) is 0 Å². The average Bonchev–Trinajstić information content (AvgIpc) is 2.21. The number of amides is 2. The van der Waals surface area contributed by atoms with E-state index in [1.54, 1.807) is 0 Å². The molecule has 2 amide bonds. The van der Waals surface area contributed by atoms with Crippen LogP contribution in [0.2, 0.25) is 0 Å². The Morgan fingerprint density at radius 3 is 2.06 bits per heavy atom. The lowest BCUT2D eigenvalue weighted by Gasteiger charge is -2.00. The number of hydrogen-bond acceptors (Lipinski definition) is 3. The minimum Gasteiger partial charge on any atom is -0.465 e. The molecule has 17 heavy (non-hydrogen) atoms. The van der Waals surface area contributed by atoms with Crippen molar-refractivity contribution in [2.75, 3.05) is 5.75 Å². The van der Waals surface area contributed by atoms with E-state index in [0.717, 1.165) is 12.2 Å².